The van der Waals surface area contributed by atoms with E-state index in [1.165, 1.54) is 36.5 Å². The second kappa shape index (κ2) is 6.30. The van der Waals surface area contributed by atoms with Gasteiger partial charge >= 0.3 is 0 Å². The average molecular weight is 351 g/mol. The van der Waals surface area contributed by atoms with E-state index in [0.29, 0.717) is 0 Å². The summed E-state index contributed by atoms with van der Waals surface area (Å²) in [6, 6.07) is 0. The van der Waals surface area contributed by atoms with Crippen molar-refractivity contribution < 1.29 is 17.2 Å². The third-order valence-corrected chi connectivity index (χ3v) is 6.09. The molecule has 0 amide bonds. The molecule has 112 valence electrons. The number of rotatable bonds is 2. The zero-order chi connectivity index (χ0) is 15.6. The number of hydrogen-bond donors (Lipinski definition) is 0. The molecule has 2 atom stereocenters. The van der Waals surface area contributed by atoms with Crippen molar-refractivity contribution in [3.63, 3.8) is 0 Å². The molecule has 21 heavy (non-hydrogen) atoms. The third kappa shape index (κ3) is 2.91. The maximum atomic E-state index is 13.0. The molecule has 0 aliphatic heterocycles. The van der Waals surface area contributed by atoms with Crippen molar-refractivity contribution in [2.45, 2.75) is 10.5 Å². The summed E-state index contributed by atoms with van der Waals surface area (Å²) in [5.74, 6) is 0. The van der Waals surface area contributed by atoms with Crippen LogP contribution in [0.3, 0.4) is 0 Å². The molecule has 0 saturated heterocycles. The van der Waals surface area contributed by atoms with Crippen LogP contribution in [0.15, 0.2) is 70.3 Å². The van der Waals surface area contributed by atoms with Gasteiger partial charge in [0.15, 0.2) is 9.84 Å². The third-order valence-electron chi connectivity index (χ3n) is 3.16. The first-order valence-corrected chi connectivity index (χ1v) is 8.22. The van der Waals surface area contributed by atoms with E-state index in [4.69, 9.17) is 23.2 Å². The van der Waals surface area contributed by atoms with Crippen molar-refractivity contribution >= 4 is 33.0 Å². The van der Waals surface area contributed by atoms with Crippen LogP contribution in [0.5, 0.6) is 0 Å². The molecule has 0 saturated carbocycles. The van der Waals surface area contributed by atoms with Crippen LogP contribution in [-0.4, -0.2) is 18.9 Å². The van der Waals surface area contributed by atoms with Crippen molar-refractivity contribution in [2.24, 2.45) is 0 Å². The highest BCUT2D eigenvalue weighted by Crippen LogP contribution is 2.36. The lowest BCUT2D eigenvalue weighted by molar-refractivity contribution is 0.587. The molecular weight excluding hydrogens is 341 g/mol. The highest BCUT2D eigenvalue weighted by Gasteiger charge is 2.39. The Hall–Kier alpha value is -1.17. The number of sulfone groups is 1. The Kier molecular flexibility index (Phi) is 4.86. The van der Waals surface area contributed by atoms with Crippen molar-refractivity contribution in [3.8, 4) is 0 Å². The van der Waals surface area contributed by atoms with Gasteiger partial charge in [0.2, 0.25) is 0 Å². The minimum Gasteiger partial charge on any atom is -0.227 e. The van der Waals surface area contributed by atoms with E-state index in [-0.39, 0.29) is 33.9 Å². The normalized spacial score (nSPS) is 29.7. The minimum absolute atomic E-state index is 0.0132. The van der Waals surface area contributed by atoms with Gasteiger partial charge in [-0.1, -0.05) is 47.5 Å². The molecule has 2 aliphatic carbocycles. The summed E-state index contributed by atoms with van der Waals surface area (Å²) in [6.45, 7) is 0. The summed E-state index contributed by atoms with van der Waals surface area (Å²) >= 11 is 11.6. The van der Waals surface area contributed by atoms with Gasteiger partial charge in [0.1, 0.15) is 10.5 Å². The first-order valence-electron chi connectivity index (χ1n) is 5.85. The monoisotopic (exact) mass is 350 g/mol. The highest BCUT2D eigenvalue weighted by molar-refractivity contribution is 7.93. The van der Waals surface area contributed by atoms with E-state index in [1.54, 1.807) is 0 Å². The van der Waals surface area contributed by atoms with Crippen molar-refractivity contribution in [2.75, 3.05) is 0 Å². The number of hydrogen-bond acceptors (Lipinski definition) is 2. The summed E-state index contributed by atoms with van der Waals surface area (Å²) in [6.07, 6.45) is 8.48. The summed E-state index contributed by atoms with van der Waals surface area (Å²) < 4.78 is 51.4. The molecule has 0 N–H and O–H groups in total. The fourth-order valence-corrected chi connectivity index (χ4v) is 4.71. The minimum atomic E-state index is -4.01. The molecule has 0 aromatic heterocycles. The molecule has 0 heterocycles. The summed E-state index contributed by atoms with van der Waals surface area (Å²) in [7, 11) is -4.01. The van der Waals surface area contributed by atoms with Crippen LogP contribution >= 0.6 is 23.2 Å². The van der Waals surface area contributed by atoms with E-state index in [9.17, 15) is 17.2 Å². The molecule has 0 fully saturated rings. The van der Waals surface area contributed by atoms with Gasteiger partial charge in [-0.2, -0.15) is 0 Å². The summed E-state index contributed by atoms with van der Waals surface area (Å²) in [4.78, 5) is 0. The first-order chi connectivity index (χ1) is 9.93. The van der Waals surface area contributed by atoms with Gasteiger partial charge < -0.3 is 0 Å². The molecule has 0 spiro atoms. The second-order valence-electron chi connectivity index (χ2n) is 4.36. The van der Waals surface area contributed by atoms with Crippen LogP contribution < -0.4 is 0 Å². The van der Waals surface area contributed by atoms with Gasteiger partial charge in [-0.25, -0.2) is 17.2 Å². The Bertz CT molecular complexity index is 672. The van der Waals surface area contributed by atoms with Crippen LogP contribution in [-0.2, 0) is 9.84 Å². The van der Waals surface area contributed by atoms with Crippen LogP contribution in [0.25, 0.3) is 0 Å². The molecule has 7 heteroatoms. The molecule has 0 bridgehead atoms. The van der Waals surface area contributed by atoms with Gasteiger partial charge in [-0.05, 0) is 12.2 Å². The average Bonchev–Trinajstić information content (AvgIpc) is 2.46. The molecular formula is C14H10Cl2F2O2S. The Labute approximate surface area is 131 Å². The molecule has 0 radical (unpaired) electrons. The Balaban J connectivity index is 2.49. The standard InChI is InChI=1S/C14H10Cl2F2O2S/c15-11-3-1-5-13(9(11)7-17)21(19,20)14-6-2-4-12(16)10(14)8-18/h1-8,13-14H. The maximum absolute atomic E-state index is 13.0. The summed E-state index contributed by atoms with van der Waals surface area (Å²) in [5, 5.41) is -2.62. The second-order valence-corrected chi connectivity index (χ2v) is 7.37. The van der Waals surface area contributed by atoms with Crippen molar-refractivity contribution in [1.29, 1.82) is 0 Å². The molecule has 0 aromatic rings. The zero-order valence-electron chi connectivity index (χ0n) is 10.5. The first kappa shape index (κ1) is 16.2. The molecule has 2 unspecified atom stereocenters. The predicted octanol–water partition coefficient (Wildman–Crippen LogP) is 4.23. The highest BCUT2D eigenvalue weighted by atomic mass is 35.5. The van der Waals surface area contributed by atoms with Crippen LogP contribution in [0.2, 0.25) is 0 Å². The Morgan fingerprint density at radius 1 is 0.905 bits per heavy atom. The lowest BCUT2D eigenvalue weighted by atomic mass is 10.1. The van der Waals surface area contributed by atoms with Crippen molar-refractivity contribution in [1.82, 2.24) is 0 Å². The van der Waals surface area contributed by atoms with Crippen LogP contribution in [0, 0.1) is 0 Å². The van der Waals surface area contributed by atoms with Crippen LogP contribution in [0.4, 0.5) is 8.78 Å². The Morgan fingerprint density at radius 3 is 1.62 bits per heavy atom. The lowest BCUT2D eigenvalue weighted by Gasteiger charge is -2.25. The van der Waals surface area contributed by atoms with Gasteiger partial charge in [-0.15, -0.1) is 0 Å². The van der Waals surface area contributed by atoms with Gasteiger partial charge in [0.25, 0.3) is 0 Å². The van der Waals surface area contributed by atoms with E-state index in [0.717, 1.165) is 0 Å². The topological polar surface area (TPSA) is 34.1 Å². The van der Waals surface area contributed by atoms with Gasteiger partial charge in [0.05, 0.1) is 12.7 Å². The fraction of sp³-hybridized carbons (Fsp3) is 0.143. The number of halogens is 4. The van der Waals surface area contributed by atoms with E-state index < -0.39 is 20.3 Å². The van der Waals surface area contributed by atoms with Gasteiger partial charge in [-0.3, -0.25) is 0 Å². The molecule has 2 nitrogen and oxygen atoms in total. The van der Waals surface area contributed by atoms with Crippen LogP contribution in [0.1, 0.15) is 0 Å². The predicted molar refractivity (Wildman–Crippen MR) is 81.0 cm³/mol. The molecule has 0 aromatic carbocycles. The smallest absolute Gasteiger partial charge is 0.171 e. The lowest BCUT2D eigenvalue weighted by Crippen LogP contribution is -2.34. The van der Waals surface area contributed by atoms with E-state index >= 15 is 0 Å². The largest absolute Gasteiger partial charge is 0.227 e. The van der Waals surface area contributed by atoms with Gasteiger partial charge in [0, 0.05) is 21.2 Å². The van der Waals surface area contributed by atoms with E-state index in [2.05, 4.69) is 0 Å². The quantitative estimate of drug-likeness (QED) is 0.746. The SMILES string of the molecule is O=S(=O)(C1C=CC=C(Cl)C1=CF)C1C=CC=C(Cl)C1=CF. The molecule has 2 aliphatic rings. The zero-order valence-corrected chi connectivity index (χ0v) is 12.8. The maximum Gasteiger partial charge on any atom is 0.171 e. The Morgan fingerprint density at radius 2 is 1.29 bits per heavy atom. The molecule has 2 rings (SSSR count). The van der Waals surface area contributed by atoms with E-state index in [1.807, 2.05) is 0 Å². The number of allylic oxidation sites excluding steroid dienone is 6. The fourth-order valence-electron chi connectivity index (χ4n) is 2.11. The summed E-state index contributed by atoms with van der Waals surface area (Å²) in [5.41, 5.74) is -0.368. The van der Waals surface area contributed by atoms with Crippen molar-refractivity contribution in [3.05, 3.63) is 70.3 Å².